The van der Waals surface area contributed by atoms with Gasteiger partial charge in [-0.05, 0) is 25.1 Å². The molecule has 1 aliphatic rings. The van der Waals surface area contributed by atoms with E-state index in [-0.39, 0.29) is 24.2 Å². The number of ketones is 1. The third-order valence-corrected chi connectivity index (χ3v) is 4.53. The van der Waals surface area contributed by atoms with E-state index in [1.165, 1.54) is 18.7 Å². The summed E-state index contributed by atoms with van der Waals surface area (Å²) in [6.45, 7) is 1.54. The molecule has 7 heteroatoms. The fraction of sp³-hybridized carbons (Fsp3) is 0.176. The Balaban J connectivity index is 1.72. The Hall–Kier alpha value is -2.67. The third kappa shape index (κ3) is 3.46. The van der Waals surface area contributed by atoms with Crippen molar-refractivity contribution in [3.8, 4) is 11.5 Å². The predicted molar refractivity (Wildman–Crippen MR) is 92.8 cm³/mol. The summed E-state index contributed by atoms with van der Waals surface area (Å²) in [6.07, 6.45) is 0. The number of Topliss-reactive ketones (excluding diaryl/α,β-unsaturated/α-hetero) is 1. The molecule has 0 radical (unpaired) electrons. The number of ether oxygens (including phenoxy) is 2. The van der Waals surface area contributed by atoms with Crippen molar-refractivity contribution in [1.29, 1.82) is 0 Å². The maximum Gasteiger partial charge on any atom is 0.234 e. The molecule has 6 nitrogen and oxygen atoms in total. The average molecular weight is 344 g/mol. The number of nitrogen functional groups attached to an aromatic ring is 1. The second kappa shape index (κ2) is 6.84. The lowest BCUT2D eigenvalue weighted by atomic mass is 10.1. The van der Waals surface area contributed by atoms with Crippen LogP contribution in [0.2, 0.25) is 0 Å². The van der Waals surface area contributed by atoms with Crippen LogP contribution in [0.3, 0.4) is 0 Å². The van der Waals surface area contributed by atoms with Gasteiger partial charge < -0.3 is 20.5 Å². The van der Waals surface area contributed by atoms with Gasteiger partial charge in [-0.3, -0.25) is 9.59 Å². The summed E-state index contributed by atoms with van der Waals surface area (Å²) in [6, 6.07) is 10.5. The Morgan fingerprint density at radius 2 is 1.92 bits per heavy atom. The van der Waals surface area contributed by atoms with Crippen molar-refractivity contribution < 1.29 is 19.1 Å². The highest BCUT2D eigenvalue weighted by Crippen LogP contribution is 2.37. The molecule has 0 bridgehead atoms. The van der Waals surface area contributed by atoms with Crippen LogP contribution < -0.4 is 20.5 Å². The van der Waals surface area contributed by atoms with Gasteiger partial charge in [0.25, 0.3) is 0 Å². The van der Waals surface area contributed by atoms with Gasteiger partial charge >= 0.3 is 0 Å². The molecule has 3 rings (SSSR count). The molecule has 1 amide bonds. The molecule has 2 aromatic rings. The Kier molecular flexibility index (Phi) is 4.61. The van der Waals surface area contributed by atoms with E-state index in [9.17, 15) is 9.59 Å². The SMILES string of the molecule is CC(=O)c1cc2c(cc1NC(=O)CSc1ccccc1N)OCO2. The Morgan fingerprint density at radius 1 is 1.21 bits per heavy atom. The summed E-state index contributed by atoms with van der Waals surface area (Å²) in [5, 5.41) is 2.75. The smallest absolute Gasteiger partial charge is 0.234 e. The van der Waals surface area contributed by atoms with Crippen LogP contribution in [0.15, 0.2) is 41.3 Å². The van der Waals surface area contributed by atoms with Gasteiger partial charge in [0.2, 0.25) is 12.7 Å². The molecule has 24 heavy (non-hydrogen) atoms. The lowest BCUT2D eigenvalue weighted by Crippen LogP contribution is -2.16. The minimum Gasteiger partial charge on any atom is -0.454 e. The highest BCUT2D eigenvalue weighted by Gasteiger charge is 2.20. The fourth-order valence-corrected chi connectivity index (χ4v) is 3.05. The largest absolute Gasteiger partial charge is 0.454 e. The van der Waals surface area contributed by atoms with Crippen LogP contribution >= 0.6 is 11.8 Å². The number of benzene rings is 2. The zero-order valence-corrected chi connectivity index (χ0v) is 13.8. The number of rotatable bonds is 5. The van der Waals surface area contributed by atoms with Crippen molar-refractivity contribution in [2.45, 2.75) is 11.8 Å². The maximum absolute atomic E-state index is 12.2. The van der Waals surface area contributed by atoms with E-state index in [0.29, 0.717) is 28.4 Å². The Labute approximate surface area is 143 Å². The summed E-state index contributed by atoms with van der Waals surface area (Å²) in [4.78, 5) is 24.9. The van der Waals surface area contributed by atoms with Crippen LogP contribution in [-0.4, -0.2) is 24.2 Å². The first-order valence-corrected chi connectivity index (χ1v) is 8.25. The Morgan fingerprint density at radius 3 is 2.62 bits per heavy atom. The van der Waals surface area contributed by atoms with Gasteiger partial charge in [0.1, 0.15) is 0 Å². The number of nitrogens with one attached hydrogen (secondary N) is 1. The number of fused-ring (bicyclic) bond motifs is 1. The first kappa shape index (κ1) is 16.2. The molecule has 0 spiro atoms. The van der Waals surface area contributed by atoms with Crippen molar-refractivity contribution in [3.05, 3.63) is 42.0 Å². The van der Waals surface area contributed by atoms with Crippen molar-refractivity contribution >= 4 is 34.8 Å². The molecule has 0 aromatic heterocycles. The van der Waals surface area contributed by atoms with Crippen molar-refractivity contribution in [3.63, 3.8) is 0 Å². The summed E-state index contributed by atoms with van der Waals surface area (Å²) < 4.78 is 10.6. The van der Waals surface area contributed by atoms with Gasteiger partial charge in [-0.15, -0.1) is 11.8 Å². The standard InChI is InChI=1S/C17H16N2O4S/c1-10(20)11-6-14-15(23-9-22-14)7-13(11)19-17(21)8-24-16-5-3-2-4-12(16)18/h2-7H,8-9,18H2,1H3,(H,19,21). The van der Waals surface area contributed by atoms with Gasteiger partial charge in [-0.2, -0.15) is 0 Å². The predicted octanol–water partition coefficient (Wildman–Crippen LogP) is 2.93. The normalized spacial score (nSPS) is 12.0. The molecular weight excluding hydrogens is 328 g/mol. The number of hydrogen-bond acceptors (Lipinski definition) is 6. The maximum atomic E-state index is 12.2. The molecule has 124 valence electrons. The highest BCUT2D eigenvalue weighted by atomic mass is 32.2. The van der Waals surface area contributed by atoms with E-state index in [1.807, 2.05) is 18.2 Å². The molecule has 0 atom stereocenters. The van der Waals surface area contributed by atoms with Gasteiger partial charge in [-0.1, -0.05) is 12.1 Å². The molecule has 0 fully saturated rings. The average Bonchev–Trinajstić information content (AvgIpc) is 3.00. The zero-order chi connectivity index (χ0) is 17.1. The molecule has 0 unspecified atom stereocenters. The first-order valence-electron chi connectivity index (χ1n) is 7.26. The molecule has 0 saturated heterocycles. The van der Waals surface area contributed by atoms with Crippen LogP contribution in [0.1, 0.15) is 17.3 Å². The van der Waals surface area contributed by atoms with E-state index < -0.39 is 0 Å². The summed E-state index contributed by atoms with van der Waals surface area (Å²) in [5.41, 5.74) is 7.29. The molecule has 1 heterocycles. The van der Waals surface area contributed by atoms with E-state index in [0.717, 1.165) is 4.90 Å². The summed E-state index contributed by atoms with van der Waals surface area (Å²) in [5.74, 6) is 0.799. The number of carbonyl (C=O) groups is 2. The lowest BCUT2D eigenvalue weighted by molar-refractivity contribution is -0.113. The topological polar surface area (TPSA) is 90.7 Å². The van der Waals surface area contributed by atoms with Crippen LogP contribution in [0.25, 0.3) is 0 Å². The van der Waals surface area contributed by atoms with Crippen LogP contribution in [0.5, 0.6) is 11.5 Å². The number of thioether (sulfide) groups is 1. The molecule has 0 aliphatic carbocycles. The molecule has 3 N–H and O–H groups in total. The lowest BCUT2D eigenvalue weighted by Gasteiger charge is -2.11. The van der Waals surface area contributed by atoms with Crippen molar-refractivity contribution in [2.24, 2.45) is 0 Å². The molecule has 2 aromatic carbocycles. The number of anilines is 2. The minimum atomic E-state index is -0.232. The number of carbonyl (C=O) groups excluding carboxylic acids is 2. The molecule has 1 aliphatic heterocycles. The van der Waals surface area contributed by atoms with Gasteiger partial charge in [0.05, 0.1) is 11.4 Å². The first-order chi connectivity index (χ1) is 11.5. The van der Waals surface area contributed by atoms with Crippen LogP contribution in [0, 0.1) is 0 Å². The van der Waals surface area contributed by atoms with Gasteiger partial charge in [0, 0.05) is 22.2 Å². The van der Waals surface area contributed by atoms with Gasteiger partial charge in [-0.25, -0.2) is 0 Å². The quantitative estimate of drug-likeness (QED) is 0.492. The zero-order valence-electron chi connectivity index (χ0n) is 13.0. The van der Waals surface area contributed by atoms with E-state index in [2.05, 4.69) is 5.32 Å². The minimum absolute atomic E-state index is 0.104. The number of hydrogen-bond donors (Lipinski definition) is 2. The summed E-state index contributed by atoms with van der Waals surface area (Å²) >= 11 is 1.34. The number of amides is 1. The third-order valence-electron chi connectivity index (χ3n) is 3.44. The highest BCUT2D eigenvalue weighted by molar-refractivity contribution is 8.00. The fourth-order valence-electron chi connectivity index (χ4n) is 2.28. The summed E-state index contributed by atoms with van der Waals surface area (Å²) in [7, 11) is 0. The molecular formula is C17H16N2O4S. The van der Waals surface area contributed by atoms with Crippen molar-refractivity contribution in [1.82, 2.24) is 0 Å². The van der Waals surface area contributed by atoms with Crippen LogP contribution in [-0.2, 0) is 4.79 Å². The van der Waals surface area contributed by atoms with Gasteiger partial charge in [0.15, 0.2) is 17.3 Å². The number of nitrogens with two attached hydrogens (primary N) is 1. The van der Waals surface area contributed by atoms with Crippen LogP contribution in [0.4, 0.5) is 11.4 Å². The van der Waals surface area contributed by atoms with E-state index >= 15 is 0 Å². The molecule has 0 saturated carbocycles. The van der Waals surface area contributed by atoms with E-state index in [4.69, 9.17) is 15.2 Å². The van der Waals surface area contributed by atoms with Crippen molar-refractivity contribution in [2.75, 3.05) is 23.6 Å². The number of para-hydroxylation sites is 1. The Bertz CT molecular complexity index is 807. The monoisotopic (exact) mass is 344 g/mol. The second-order valence-electron chi connectivity index (χ2n) is 5.18. The van der Waals surface area contributed by atoms with E-state index in [1.54, 1.807) is 18.2 Å². The second-order valence-corrected chi connectivity index (χ2v) is 6.20.